The zero-order chi connectivity index (χ0) is 25.8. The van der Waals surface area contributed by atoms with Gasteiger partial charge in [-0.05, 0) is 37.2 Å². The molecule has 2 atom stereocenters. The van der Waals surface area contributed by atoms with Crippen LogP contribution in [-0.2, 0) is 6.42 Å². The van der Waals surface area contributed by atoms with Crippen molar-refractivity contribution in [2.24, 2.45) is 5.92 Å². The average molecular weight is 499 g/mol. The number of unbranched alkanes of at least 4 members (excludes halogenated alkanes) is 9. The van der Waals surface area contributed by atoms with Crippen LogP contribution in [0.2, 0.25) is 0 Å². The third kappa shape index (κ3) is 13.4. The van der Waals surface area contributed by atoms with Crippen LogP contribution in [0.4, 0.5) is 4.39 Å². The molecule has 1 heterocycles. The van der Waals surface area contributed by atoms with E-state index in [4.69, 9.17) is 4.74 Å². The van der Waals surface area contributed by atoms with Gasteiger partial charge in [-0.2, -0.15) is 0 Å². The number of rotatable bonds is 21. The lowest BCUT2D eigenvalue weighted by molar-refractivity contribution is 0.215. The Bertz CT molecular complexity index is 778. The summed E-state index contributed by atoms with van der Waals surface area (Å²) in [4.78, 5) is 8.92. The smallest absolute Gasteiger partial charge is 0.159 e. The summed E-state index contributed by atoms with van der Waals surface area (Å²) < 4.78 is 19.9. The Morgan fingerprint density at radius 3 is 2.00 bits per heavy atom. The number of alkyl halides is 1. The van der Waals surface area contributed by atoms with Crippen molar-refractivity contribution in [2.45, 2.75) is 130 Å². The quantitative estimate of drug-likeness (QED) is 0.161. The molecule has 202 valence electrons. The summed E-state index contributed by atoms with van der Waals surface area (Å²) in [5.41, 5.74) is 2.39. The van der Waals surface area contributed by atoms with E-state index in [0.29, 0.717) is 36.9 Å². The Morgan fingerprint density at radius 2 is 1.33 bits per heavy atom. The topological polar surface area (TPSA) is 35.0 Å². The Balaban J connectivity index is 1.62. The maximum absolute atomic E-state index is 14.2. The zero-order valence-electron chi connectivity index (χ0n) is 23.3. The summed E-state index contributed by atoms with van der Waals surface area (Å²) in [5, 5.41) is 0. The largest absolute Gasteiger partial charge is 0.490 e. The van der Waals surface area contributed by atoms with Gasteiger partial charge >= 0.3 is 0 Å². The maximum Gasteiger partial charge on any atom is 0.159 e. The van der Waals surface area contributed by atoms with Gasteiger partial charge in [-0.15, -0.1) is 0 Å². The number of aromatic nitrogens is 2. The van der Waals surface area contributed by atoms with E-state index in [2.05, 4.69) is 55.0 Å². The molecule has 3 nitrogen and oxygen atoms in total. The van der Waals surface area contributed by atoms with E-state index < -0.39 is 6.17 Å². The van der Waals surface area contributed by atoms with E-state index in [0.717, 1.165) is 18.4 Å². The van der Waals surface area contributed by atoms with E-state index in [1.807, 2.05) is 0 Å². The maximum atomic E-state index is 14.2. The molecule has 2 aromatic rings. The highest BCUT2D eigenvalue weighted by molar-refractivity contribution is 5.55. The van der Waals surface area contributed by atoms with Crippen molar-refractivity contribution in [1.29, 1.82) is 0 Å². The van der Waals surface area contributed by atoms with Gasteiger partial charge in [0.15, 0.2) is 11.6 Å². The van der Waals surface area contributed by atoms with Crippen LogP contribution in [0.15, 0.2) is 36.7 Å². The second-order valence-corrected chi connectivity index (χ2v) is 10.6. The molecule has 0 saturated heterocycles. The molecule has 0 aliphatic heterocycles. The fourth-order valence-electron chi connectivity index (χ4n) is 4.62. The van der Waals surface area contributed by atoms with Crippen LogP contribution in [0, 0.1) is 5.92 Å². The van der Waals surface area contributed by atoms with Gasteiger partial charge in [-0.3, -0.25) is 0 Å². The molecule has 2 rings (SSSR count). The molecule has 0 N–H and O–H groups in total. The molecule has 36 heavy (non-hydrogen) atoms. The van der Waals surface area contributed by atoms with Crippen LogP contribution in [0.25, 0.3) is 11.4 Å². The van der Waals surface area contributed by atoms with Gasteiger partial charge < -0.3 is 4.74 Å². The SMILES string of the molecule is CCCCCCCCCCc1ccc(-c2ncc(OCCC(F)CCC(C)CCCCC)cn2)cc1. The Morgan fingerprint density at radius 1 is 0.722 bits per heavy atom. The summed E-state index contributed by atoms with van der Waals surface area (Å²) in [7, 11) is 0. The second kappa shape index (κ2) is 19.2. The molecule has 4 heteroatoms. The van der Waals surface area contributed by atoms with Crippen LogP contribution >= 0.6 is 0 Å². The summed E-state index contributed by atoms with van der Waals surface area (Å²) in [6.07, 6.45) is 21.5. The molecule has 0 aliphatic rings. The van der Waals surface area contributed by atoms with Crippen LogP contribution in [-0.4, -0.2) is 22.7 Å². The van der Waals surface area contributed by atoms with Gasteiger partial charge in [0.25, 0.3) is 0 Å². The number of hydrogen-bond donors (Lipinski definition) is 0. The lowest BCUT2D eigenvalue weighted by Crippen LogP contribution is -2.09. The van der Waals surface area contributed by atoms with E-state index in [9.17, 15) is 4.39 Å². The molecule has 0 saturated carbocycles. The number of nitrogens with zero attached hydrogens (tertiary/aromatic N) is 2. The third-order valence-corrected chi connectivity index (χ3v) is 7.13. The number of halogens is 1. The number of benzene rings is 1. The van der Waals surface area contributed by atoms with E-state index in [1.54, 1.807) is 12.4 Å². The molecule has 1 aromatic heterocycles. The highest BCUT2D eigenvalue weighted by Gasteiger charge is 2.11. The van der Waals surface area contributed by atoms with Crippen molar-refractivity contribution >= 4 is 0 Å². The van der Waals surface area contributed by atoms with Crippen LogP contribution in [0.5, 0.6) is 5.75 Å². The first kappa shape index (κ1) is 30.3. The monoisotopic (exact) mass is 498 g/mol. The van der Waals surface area contributed by atoms with Gasteiger partial charge in [-0.25, -0.2) is 14.4 Å². The number of aryl methyl sites for hydroxylation is 1. The van der Waals surface area contributed by atoms with E-state index >= 15 is 0 Å². The van der Waals surface area contributed by atoms with Crippen molar-refractivity contribution in [2.75, 3.05) is 6.61 Å². The minimum Gasteiger partial charge on any atom is -0.490 e. The predicted octanol–water partition coefficient (Wildman–Crippen LogP) is 9.93. The van der Waals surface area contributed by atoms with Crippen LogP contribution in [0.3, 0.4) is 0 Å². The van der Waals surface area contributed by atoms with Crippen molar-refractivity contribution < 1.29 is 9.13 Å². The van der Waals surface area contributed by atoms with Gasteiger partial charge in [0.05, 0.1) is 19.0 Å². The molecule has 2 unspecified atom stereocenters. The van der Waals surface area contributed by atoms with Crippen LogP contribution < -0.4 is 4.74 Å². The van der Waals surface area contributed by atoms with Gasteiger partial charge in [-0.1, -0.05) is 116 Å². The zero-order valence-corrected chi connectivity index (χ0v) is 23.3. The van der Waals surface area contributed by atoms with Crippen LogP contribution in [0.1, 0.15) is 123 Å². The molecule has 0 bridgehead atoms. The number of hydrogen-bond acceptors (Lipinski definition) is 3. The minimum absolute atomic E-state index is 0.363. The summed E-state index contributed by atoms with van der Waals surface area (Å²) in [6, 6.07) is 8.59. The Labute approximate surface area is 220 Å². The first-order valence-corrected chi connectivity index (χ1v) is 14.8. The lowest BCUT2D eigenvalue weighted by Gasteiger charge is -2.14. The summed E-state index contributed by atoms with van der Waals surface area (Å²) in [6.45, 7) is 7.09. The van der Waals surface area contributed by atoms with Crippen molar-refractivity contribution in [3.8, 4) is 17.1 Å². The summed E-state index contributed by atoms with van der Waals surface area (Å²) in [5.74, 6) is 1.91. The molecular formula is C32H51FN2O. The fourth-order valence-corrected chi connectivity index (χ4v) is 4.62. The number of ether oxygens (including phenoxy) is 1. The predicted molar refractivity (Wildman–Crippen MR) is 151 cm³/mol. The highest BCUT2D eigenvalue weighted by atomic mass is 19.1. The van der Waals surface area contributed by atoms with Crippen molar-refractivity contribution in [3.63, 3.8) is 0 Å². The molecule has 0 spiro atoms. The summed E-state index contributed by atoms with van der Waals surface area (Å²) >= 11 is 0. The molecule has 0 amide bonds. The molecule has 1 aromatic carbocycles. The Kier molecular flexibility index (Phi) is 16.1. The first-order valence-electron chi connectivity index (χ1n) is 14.8. The highest BCUT2D eigenvalue weighted by Crippen LogP contribution is 2.21. The average Bonchev–Trinajstić information content (AvgIpc) is 2.90. The van der Waals surface area contributed by atoms with Gasteiger partial charge in [0.2, 0.25) is 0 Å². The third-order valence-electron chi connectivity index (χ3n) is 7.13. The van der Waals surface area contributed by atoms with Crippen molar-refractivity contribution in [3.05, 3.63) is 42.2 Å². The molecule has 0 radical (unpaired) electrons. The lowest BCUT2D eigenvalue weighted by atomic mass is 9.96. The Hall–Kier alpha value is -1.97. The van der Waals surface area contributed by atoms with Crippen molar-refractivity contribution in [1.82, 2.24) is 9.97 Å². The normalized spacial score (nSPS) is 13.0. The fraction of sp³-hybridized carbons (Fsp3) is 0.688. The van der Waals surface area contributed by atoms with E-state index in [1.165, 1.54) is 82.6 Å². The molecular weight excluding hydrogens is 447 g/mol. The van der Waals surface area contributed by atoms with Gasteiger partial charge in [0.1, 0.15) is 6.17 Å². The van der Waals surface area contributed by atoms with E-state index in [-0.39, 0.29) is 0 Å². The molecule has 0 aliphatic carbocycles. The first-order chi connectivity index (χ1) is 17.6. The van der Waals surface area contributed by atoms with Gasteiger partial charge in [0, 0.05) is 12.0 Å². The standard InChI is InChI=1S/C32H51FN2O/c1-4-6-8-9-10-11-12-14-16-28-18-20-29(21-19-28)32-34-25-31(26-35-32)36-24-23-30(33)22-17-27(3)15-13-7-5-2/h18-21,25-27,30H,4-17,22-24H2,1-3H3. The molecule has 0 fully saturated rings. The second-order valence-electron chi connectivity index (χ2n) is 10.6. The minimum atomic E-state index is -0.803.